The van der Waals surface area contributed by atoms with Crippen LogP contribution in [0.2, 0.25) is 0 Å². The van der Waals surface area contributed by atoms with Crippen molar-refractivity contribution in [2.75, 3.05) is 32.2 Å². The third-order valence-electron chi connectivity index (χ3n) is 3.55. The number of thiazole rings is 1. The van der Waals surface area contributed by atoms with Crippen LogP contribution in [0.4, 0.5) is 5.13 Å². The summed E-state index contributed by atoms with van der Waals surface area (Å²) < 4.78 is 5.11. The van der Waals surface area contributed by atoms with Gasteiger partial charge in [0.25, 0.3) is 0 Å². The van der Waals surface area contributed by atoms with Gasteiger partial charge in [-0.3, -0.25) is 0 Å². The van der Waals surface area contributed by atoms with Gasteiger partial charge in [-0.2, -0.15) is 0 Å². The molecule has 1 aromatic heterocycles. The van der Waals surface area contributed by atoms with Gasteiger partial charge >= 0.3 is 0 Å². The molecule has 0 spiro atoms. The summed E-state index contributed by atoms with van der Waals surface area (Å²) in [5, 5.41) is 4.76. The molecule has 1 aromatic rings. The van der Waals surface area contributed by atoms with Gasteiger partial charge in [0.2, 0.25) is 0 Å². The van der Waals surface area contributed by atoms with Crippen molar-refractivity contribution in [2.45, 2.75) is 51.6 Å². The van der Waals surface area contributed by atoms with Crippen LogP contribution in [0.3, 0.4) is 0 Å². The quantitative estimate of drug-likeness (QED) is 0.674. The molecule has 0 amide bonds. The van der Waals surface area contributed by atoms with E-state index in [9.17, 15) is 0 Å². The molecule has 5 heteroatoms. The van der Waals surface area contributed by atoms with E-state index in [1.807, 2.05) is 11.3 Å². The molecule has 1 heterocycles. The largest absolute Gasteiger partial charge is 0.385 e. The third kappa shape index (κ3) is 4.72. The van der Waals surface area contributed by atoms with E-state index >= 15 is 0 Å². The number of hydrogen-bond acceptors (Lipinski definition) is 5. The lowest BCUT2D eigenvalue weighted by Gasteiger charge is -2.14. The van der Waals surface area contributed by atoms with Gasteiger partial charge in [0.05, 0.1) is 5.69 Å². The lowest BCUT2D eigenvalue weighted by atomic mass is 10.2. The maximum atomic E-state index is 5.11. The third-order valence-corrected chi connectivity index (χ3v) is 4.76. The van der Waals surface area contributed by atoms with Gasteiger partial charge < -0.3 is 15.0 Å². The predicted octanol–water partition coefficient (Wildman–Crippen LogP) is 2.82. The first kappa shape index (κ1) is 15.7. The maximum absolute atomic E-state index is 5.11. The molecule has 20 heavy (non-hydrogen) atoms. The highest BCUT2D eigenvalue weighted by atomic mass is 32.1. The number of nitrogens with one attached hydrogen (secondary N) is 1. The molecule has 4 nitrogen and oxygen atoms in total. The zero-order valence-corrected chi connectivity index (χ0v) is 13.8. The van der Waals surface area contributed by atoms with Crippen molar-refractivity contribution in [2.24, 2.45) is 0 Å². The first-order chi connectivity index (χ1) is 9.74. The van der Waals surface area contributed by atoms with Gasteiger partial charge in [-0.15, -0.1) is 11.3 Å². The zero-order chi connectivity index (χ0) is 14.4. The summed E-state index contributed by atoms with van der Waals surface area (Å²) in [5.74, 6) is 0. The van der Waals surface area contributed by atoms with Crippen molar-refractivity contribution >= 4 is 16.5 Å². The monoisotopic (exact) mass is 297 g/mol. The van der Waals surface area contributed by atoms with Crippen LogP contribution in [0, 0.1) is 0 Å². The second kappa shape index (κ2) is 7.96. The minimum Gasteiger partial charge on any atom is -0.385 e. The second-order valence-corrected chi connectivity index (χ2v) is 6.60. The van der Waals surface area contributed by atoms with Gasteiger partial charge in [0.15, 0.2) is 5.13 Å². The van der Waals surface area contributed by atoms with E-state index in [1.165, 1.54) is 23.4 Å². The normalized spacial score (nSPS) is 14.8. The minimum atomic E-state index is 0.759. The van der Waals surface area contributed by atoms with Crippen molar-refractivity contribution in [1.82, 2.24) is 10.3 Å². The van der Waals surface area contributed by atoms with Crippen LogP contribution in [0.5, 0.6) is 0 Å². The van der Waals surface area contributed by atoms with E-state index in [-0.39, 0.29) is 0 Å². The molecule has 0 saturated heterocycles. The molecule has 1 N–H and O–H groups in total. The molecular formula is C15H27N3OS. The molecule has 2 rings (SSSR count). The van der Waals surface area contributed by atoms with Crippen molar-refractivity contribution in [3.63, 3.8) is 0 Å². The maximum Gasteiger partial charge on any atom is 0.185 e. The molecular weight excluding hydrogens is 270 g/mol. The number of methoxy groups -OCH3 is 1. The number of nitrogens with zero attached hydrogens (tertiary/aromatic N) is 2. The van der Waals surface area contributed by atoms with Crippen LogP contribution in [-0.4, -0.2) is 38.3 Å². The van der Waals surface area contributed by atoms with E-state index in [2.05, 4.69) is 24.2 Å². The first-order valence-corrected chi connectivity index (χ1v) is 8.48. The topological polar surface area (TPSA) is 37.4 Å². The highest BCUT2D eigenvalue weighted by Gasteiger charge is 2.21. The molecule has 0 bridgehead atoms. The van der Waals surface area contributed by atoms with Crippen LogP contribution in [-0.2, 0) is 17.7 Å². The fourth-order valence-electron chi connectivity index (χ4n) is 2.17. The van der Waals surface area contributed by atoms with Gasteiger partial charge in [0.1, 0.15) is 0 Å². The van der Waals surface area contributed by atoms with Crippen LogP contribution in [0.1, 0.15) is 43.2 Å². The van der Waals surface area contributed by atoms with Crippen molar-refractivity contribution < 1.29 is 4.74 Å². The summed E-state index contributed by atoms with van der Waals surface area (Å²) >= 11 is 1.85. The molecule has 1 aliphatic carbocycles. The fourth-order valence-corrected chi connectivity index (χ4v) is 3.21. The average molecular weight is 297 g/mol. The van der Waals surface area contributed by atoms with Gasteiger partial charge in [-0.1, -0.05) is 13.3 Å². The zero-order valence-electron chi connectivity index (χ0n) is 12.9. The van der Waals surface area contributed by atoms with Gasteiger partial charge in [-0.25, -0.2) is 4.98 Å². The Labute approximate surface area is 126 Å². The van der Waals surface area contributed by atoms with E-state index in [0.717, 1.165) is 50.1 Å². The fraction of sp³-hybridized carbons (Fsp3) is 0.800. The molecule has 0 aromatic carbocycles. The molecule has 1 fully saturated rings. The second-order valence-electron chi connectivity index (χ2n) is 5.54. The van der Waals surface area contributed by atoms with Crippen LogP contribution < -0.4 is 10.2 Å². The first-order valence-electron chi connectivity index (χ1n) is 7.66. The Morgan fingerprint density at radius 3 is 2.90 bits per heavy atom. The Kier molecular flexibility index (Phi) is 6.26. The van der Waals surface area contributed by atoms with E-state index in [0.29, 0.717) is 0 Å². The number of rotatable bonds is 10. The molecule has 1 aliphatic rings. The SMILES string of the molecule is CCCc1nc(N(C)CCCOC)sc1CNC1CC1. The predicted molar refractivity (Wildman–Crippen MR) is 85.7 cm³/mol. The van der Waals surface area contributed by atoms with Crippen molar-refractivity contribution in [3.8, 4) is 0 Å². The molecule has 0 atom stereocenters. The lowest BCUT2D eigenvalue weighted by Crippen LogP contribution is -2.19. The Hall–Kier alpha value is -0.650. The standard InChI is InChI=1S/C15H27N3OS/c1-4-6-13-14(11-16-12-7-8-12)20-15(17-13)18(2)9-5-10-19-3/h12,16H,4-11H2,1-3H3. The van der Waals surface area contributed by atoms with Crippen molar-refractivity contribution in [1.29, 1.82) is 0 Å². The number of ether oxygens (including phenoxy) is 1. The van der Waals surface area contributed by atoms with Gasteiger partial charge in [-0.05, 0) is 25.7 Å². The summed E-state index contributed by atoms with van der Waals surface area (Å²) in [6.45, 7) is 5.03. The van der Waals surface area contributed by atoms with E-state index in [4.69, 9.17) is 9.72 Å². The average Bonchev–Trinajstić information content (AvgIpc) is 3.18. The Morgan fingerprint density at radius 1 is 1.45 bits per heavy atom. The highest BCUT2D eigenvalue weighted by molar-refractivity contribution is 7.15. The summed E-state index contributed by atoms with van der Waals surface area (Å²) in [6.07, 6.45) is 5.97. The molecule has 114 valence electrons. The number of anilines is 1. The number of hydrogen-bond donors (Lipinski definition) is 1. The van der Waals surface area contributed by atoms with Crippen LogP contribution in [0.25, 0.3) is 0 Å². The summed E-state index contributed by atoms with van der Waals surface area (Å²) in [4.78, 5) is 8.52. The van der Waals surface area contributed by atoms with Crippen LogP contribution >= 0.6 is 11.3 Å². The minimum absolute atomic E-state index is 0.759. The summed E-state index contributed by atoms with van der Waals surface area (Å²) in [5.41, 5.74) is 1.29. The Balaban J connectivity index is 1.94. The molecule has 0 radical (unpaired) electrons. The van der Waals surface area contributed by atoms with Gasteiger partial charge in [0, 0.05) is 44.8 Å². The summed E-state index contributed by atoms with van der Waals surface area (Å²) in [7, 11) is 3.88. The van der Waals surface area contributed by atoms with Crippen molar-refractivity contribution in [3.05, 3.63) is 10.6 Å². The molecule has 1 saturated carbocycles. The molecule has 0 aliphatic heterocycles. The lowest BCUT2D eigenvalue weighted by molar-refractivity contribution is 0.196. The molecule has 0 unspecified atom stereocenters. The van der Waals surface area contributed by atoms with Crippen LogP contribution in [0.15, 0.2) is 0 Å². The Bertz CT molecular complexity index is 404. The number of aromatic nitrogens is 1. The number of aryl methyl sites for hydroxylation is 1. The van der Waals surface area contributed by atoms with E-state index in [1.54, 1.807) is 7.11 Å². The smallest absolute Gasteiger partial charge is 0.185 e. The highest BCUT2D eigenvalue weighted by Crippen LogP contribution is 2.28. The summed E-state index contributed by atoms with van der Waals surface area (Å²) in [6, 6.07) is 0.759. The van der Waals surface area contributed by atoms with E-state index < -0.39 is 0 Å². The Morgan fingerprint density at radius 2 is 2.25 bits per heavy atom.